The normalized spacial score (nSPS) is 22.2. The second-order valence-corrected chi connectivity index (χ2v) is 4.57. The molecule has 0 bridgehead atoms. The maximum absolute atomic E-state index is 12.1. The molecule has 1 rings (SSSR count). The number of rotatable bonds is 5. The first-order valence-electron chi connectivity index (χ1n) is 6.16. The Bertz CT molecular complexity index is 281. The highest BCUT2D eigenvalue weighted by molar-refractivity contribution is 5.88. The van der Waals surface area contributed by atoms with Crippen LogP contribution < -0.4 is 5.32 Å². The van der Waals surface area contributed by atoms with Gasteiger partial charge < -0.3 is 15.0 Å². The van der Waals surface area contributed by atoms with E-state index in [0.717, 1.165) is 0 Å². The van der Waals surface area contributed by atoms with Gasteiger partial charge in [-0.15, -0.1) is 0 Å². The van der Waals surface area contributed by atoms with Gasteiger partial charge in [0, 0.05) is 33.2 Å². The van der Waals surface area contributed by atoms with Crippen molar-refractivity contribution in [3.05, 3.63) is 0 Å². The minimum atomic E-state index is -0.300. The first-order valence-corrected chi connectivity index (χ1v) is 6.16. The average Bonchev–Trinajstić information content (AvgIpc) is 2.28. The van der Waals surface area contributed by atoms with Crippen LogP contribution in [0.4, 0.5) is 0 Å². The van der Waals surface area contributed by atoms with Gasteiger partial charge in [0.2, 0.25) is 11.8 Å². The Hall–Kier alpha value is -1.10. The fourth-order valence-corrected chi connectivity index (χ4v) is 2.18. The van der Waals surface area contributed by atoms with Gasteiger partial charge in [0.1, 0.15) is 6.04 Å². The standard InChI is InChI=1S/C12H22N2O3/c1-4-10-12(16)13-5-6-14(10)11(15)7-9(2)8-17-3/h9-10H,4-8H2,1-3H3,(H,13,16). The number of hydrogen-bond donors (Lipinski definition) is 1. The van der Waals surface area contributed by atoms with E-state index < -0.39 is 0 Å². The van der Waals surface area contributed by atoms with Gasteiger partial charge in [0.15, 0.2) is 0 Å². The summed E-state index contributed by atoms with van der Waals surface area (Å²) in [6.45, 7) is 5.64. The quantitative estimate of drug-likeness (QED) is 0.759. The van der Waals surface area contributed by atoms with Gasteiger partial charge in [-0.3, -0.25) is 9.59 Å². The second-order valence-electron chi connectivity index (χ2n) is 4.57. The number of carbonyl (C=O) groups is 2. The molecule has 0 aromatic heterocycles. The van der Waals surface area contributed by atoms with E-state index in [0.29, 0.717) is 32.5 Å². The van der Waals surface area contributed by atoms with Crippen molar-refractivity contribution in [1.82, 2.24) is 10.2 Å². The Morgan fingerprint density at radius 3 is 2.94 bits per heavy atom. The Balaban J connectivity index is 2.57. The highest BCUT2D eigenvalue weighted by Gasteiger charge is 2.31. The Labute approximate surface area is 102 Å². The van der Waals surface area contributed by atoms with Gasteiger partial charge in [-0.2, -0.15) is 0 Å². The first kappa shape index (κ1) is 14.0. The van der Waals surface area contributed by atoms with Crippen LogP contribution in [0.2, 0.25) is 0 Å². The summed E-state index contributed by atoms with van der Waals surface area (Å²) in [7, 11) is 1.63. The molecule has 1 aliphatic heterocycles. The third kappa shape index (κ3) is 3.70. The fourth-order valence-electron chi connectivity index (χ4n) is 2.18. The molecular formula is C12H22N2O3. The van der Waals surface area contributed by atoms with Crippen molar-refractivity contribution in [3.63, 3.8) is 0 Å². The molecule has 2 unspecified atom stereocenters. The third-order valence-corrected chi connectivity index (χ3v) is 3.01. The number of methoxy groups -OCH3 is 1. The monoisotopic (exact) mass is 242 g/mol. The smallest absolute Gasteiger partial charge is 0.242 e. The van der Waals surface area contributed by atoms with E-state index in [1.54, 1.807) is 12.0 Å². The minimum absolute atomic E-state index is 0.0357. The number of amides is 2. The summed E-state index contributed by atoms with van der Waals surface area (Å²) >= 11 is 0. The zero-order valence-corrected chi connectivity index (χ0v) is 10.9. The maximum Gasteiger partial charge on any atom is 0.242 e. The molecule has 1 saturated heterocycles. The zero-order chi connectivity index (χ0) is 12.8. The van der Waals surface area contributed by atoms with Crippen LogP contribution in [0, 0.1) is 5.92 Å². The van der Waals surface area contributed by atoms with Gasteiger partial charge in [0.25, 0.3) is 0 Å². The van der Waals surface area contributed by atoms with E-state index in [-0.39, 0.29) is 23.8 Å². The number of nitrogens with zero attached hydrogens (tertiary/aromatic N) is 1. The van der Waals surface area contributed by atoms with Crippen molar-refractivity contribution in [2.45, 2.75) is 32.7 Å². The minimum Gasteiger partial charge on any atom is -0.384 e. The lowest BCUT2D eigenvalue weighted by molar-refractivity contribution is -0.144. The average molecular weight is 242 g/mol. The van der Waals surface area contributed by atoms with Crippen LogP contribution >= 0.6 is 0 Å². The molecule has 1 aliphatic rings. The molecule has 5 nitrogen and oxygen atoms in total. The van der Waals surface area contributed by atoms with Crippen LogP contribution in [-0.4, -0.2) is 49.6 Å². The number of ether oxygens (including phenoxy) is 1. The number of nitrogens with one attached hydrogen (secondary N) is 1. The predicted octanol–water partition coefficient (Wildman–Crippen LogP) is 0.396. The Morgan fingerprint density at radius 1 is 1.65 bits per heavy atom. The maximum atomic E-state index is 12.1. The largest absolute Gasteiger partial charge is 0.384 e. The number of carbonyl (C=O) groups excluding carboxylic acids is 2. The highest BCUT2D eigenvalue weighted by Crippen LogP contribution is 2.13. The van der Waals surface area contributed by atoms with Crippen LogP contribution in [0.15, 0.2) is 0 Å². The Morgan fingerprint density at radius 2 is 2.35 bits per heavy atom. The molecule has 2 atom stereocenters. The molecule has 0 aromatic carbocycles. The molecule has 5 heteroatoms. The van der Waals surface area contributed by atoms with Gasteiger partial charge >= 0.3 is 0 Å². The third-order valence-electron chi connectivity index (χ3n) is 3.01. The lowest BCUT2D eigenvalue weighted by Crippen LogP contribution is -2.57. The zero-order valence-electron chi connectivity index (χ0n) is 10.9. The van der Waals surface area contributed by atoms with Crippen LogP contribution in [0.3, 0.4) is 0 Å². The van der Waals surface area contributed by atoms with Crippen LogP contribution in [0.25, 0.3) is 0 Å². The van der Waals surface area contributed by atoms with Crippen LogP contribution in [0.1, 0.15) is 26.7 Å². The summed E-state index contributed by atoms with van der Waals surface area (Å²) in [6.07, 6.45) is 1.11. The van der Waals surface area contributed by atoms with E-state index in [4.69, 9.17) is 4.74 Å². The predicted molar refractivity (Wildman–Crippen MR) is 64.5 cm³/mol. The molecule has 0 aromatic rings. The first-order chi connectivity index (χ1) is 8.10. The van der Waals surface area contributed by atoms with Crippen molar-refractivity contribution < 1.29 is 14.3 Å². The molecular weight excluding hydrogens is 220 g/mol. The van der Waals surface area contributed by atoms with E-state index in [1.165, 1.54) is 0 Å². The molecule has 0 spiro atoms. The van der Waals surface area contributed by atoms with E-state index >= 15 is 0 Å². The molecule has 98 valence electrons. The topological polar surface area (TPSA) is 58.6 Å². The van der Waals surface area contributed by atoms with Crippen LogP contribution in [0.5, 0.6) is 0 Å². The lowest BCUT2D eigenvalue weighted by atomic mass is 10.0. The number of piperazine rings is 1. The number of hydrogen-bond acceptors (Lipinski definition) is 3. The molecule has 0 saturated carbocycles. The van der Waals surface area contributed by atoms with E-state index in [9.17, 15) is 9.59 Å². The second kappa shape index (κ2) is 6.59. The van der Waals surface area contributed by atoms with Crippen molar-refractivity contribution >= 4 is 11.8 Å². The van der Waals surface area contributed by atoms with Gasteiger partial charge in [-0.25, -0.2) is 0 Å². The van der Waals surface area contributed by atoms with Crippen molar-refractivity contribution in [3.8, 4) is 0 Å². The molecule has 0 radical (unpaired) electrons. The summed E-state index contributed by atoms with van der Waals surface area (Å²) in [5.41, 5.74) is 0. The summed E-state index contributed by atoms with van der Waals surface area (Å²) in [5.74, 6) is 0.206. The molecule has 17 heavy (non-hydrogen) atoms. The summed E-state index contributed by atoms with van der Waals surface area (Å²) in [4.78, 5) is 25.4. The fraction of sp³-hybridized carbons (Fsp3) is 0.833. The van der Waals surface area contributed by atoms with Crippen molar-refractivity contribution in [2.24, 2.45) is 5.92 Å². The summed E-state index contributed by atoms with van der Waals surface area (Å²) < 4.78 is 5.02. The summed E-state index contributed by atoms with van der Waals surface area (Å²) in [6, 6.07) is -0.300. The lowest BCUT2D eigenvalue weighted by Gasteiger charge is -2.35. The SMILES string of the molecule is CCC1C(=O)NCCN1C(=O)CC(C)COC. The van der Waals surface area contributed by atoms with Gasteiger partial charge in [0.05, 0.1) is 0 Å². The molecule has 2 amide bonds. The van der Waals surface area contributed by atoms with E-state index in [1.807, 2.05) is 13.8 Å². The van der Waals surface area contributed by atoms with Gasteiger partial charge in [-0.05, 0) is 12.3 Å². The van der Waals surface area contributed by atoms with Crippen molar-refractivity contribution in [2.75, 3.05) is 26.8 Å². The van der Waals surface area contributed by atoms with Crippen LogP contribution in [-0.2, 0) is 14.3 Å². The molecule has 0 aliphatic carbocycles. The molecule has 1 fully saturated rings. The highest BCUT2D eigenvalue weighted by atomic mass is 16.5. The molecule has 1 N–H and O–H groups in total. The molecule has 1 heterocycles. The van der Waals surface area contributed by atoms with Crippen molar-refractivity contribution in [1.29, 1.82) is 0 Å². The van der Waals surface area contributed by atoms with Gasteiger partial charge in [-0.1, -0.05) is 13.8 Å². The Kier molecular flexibility index (Phi) is 5.41. The summed E-state index contributed by atoms with van der Waals surface area (Å²) in [5, 5.41) is 2.79. The van der Waals surface area contributed by atoms with E-state index in [2.05, 4.69) is 5.32 Å².